The summed E-state index contributed by atoms with van der Waals surface area (Å²) >= 11 is 0. The van der Waals surface area contributed by atoms with Crippen LogP contribution in [0.3, 0.4) is 0 Å². The molecule has 3 aromatic rings. The fourth-order valence-corrected chi connectivity index (χ4v) is 1.87. The van der Waals surface area contributed by atoms with Gasteiger partial charge in [-0.2, -0.15) is 5.26 Å². The van der Waals surface area contributed by atoms with Crippen LogP contribution < -0.4 is 0 Å². The minimum Gasteiger partial charge on any atom is -0.452 e. The maximum Gasteiger partial charge on any atom is 0.338 e. The first kappa shape index (κ1) is 12.9. The third-order valence-corrected chi connectivity index (χ3v) is 2.91. The minimum atomic E-state index is -0.484. The zero-order valence-corrected chi connectivity index (χ0v) is 10.9. The Morgan fingerprint density at radius 2 is 1.95 bits per heavy atom. The number of aromatic nitrogens is 1. The first-order valence-corrected chi connectivity index (χ1v) is 6.28. The number of carbonyl (C=O) groups excluding carboxylic acids is 1. The van der Waals surface area contributed by atoms with Crippen LogP contribution in [0.5, 0.6) is 0 Å². The molecule has 0 aliphatic carbocycles. The number of benzene rings is 2. The summed E-state index contributed by atoms with van der Waals surface area (Å²) in [6.07, 6.45) is 0. The van der Waals surface area contributed by atoms with E-state index in [0.717, 1.165) is 5.52 Å². The molecule has 0 amide bonds. The van der Waals surface area contributed by atoms with Crippen molar-refractivity contribution in [2.75, 3.05) is 0 Å². The van der Waals surface area contributed by atoms with E-state index in [0.29, 0.717) is 22.6 Å². The summed E-state index contributed by atoms with van der Waals surface area (Å²) in [7, 11) is 0. The molecule has 5 heteroatoms. The van der Waals surface area contributed by atoms with E-state index in [1.807, 2.05) is 24.3 Å². The Morgan fingerprint density at radius 3 is 2.67 bits per heavy atom. The fourth-order valence-electron chi connectivity index (χ4n) is 1.87. The zero-order valence-electron chi connectivity index (χ0n) is 10.9. The van der Waals surface area contributed by atoms with Crippen LogP contribution in [0.1, 0.15) is 21.8 Å². The van der Waals surface area contributed by atoms with Gasteiger partial charge in [-0.1, -0.05) is 12.1 Å². The molecular weight excluding hydrogens is 268 g/mol. The minimum absolute atomic E-state index is 0.0342. The average molecular weight is 278 g/mol. The van der Waals surface area contributed by atoms with E-state index in [9.17, 15) is 4.79 Å². The van der Waals surface area contributed by atoms with E-state index in [1.165, 1.54) is 0 Å². The van der Waals surface area contributed by atoms with Crippen molar-refractivity contribution in [3.05, 3.63) is 65.5 Å². The van der Waals surface area contributed by atoms with Crippen molar-refractivity contribution in [1.29, 1.82) is 5.26 Å². The number of hydrogen-bond donors (Lipinski definition) is 0. The second kappa shape index (κ2) is 5.47. The third kappa shape index (κ3) is 2.74. The molecule has 102 valence electrons. The van der Waals surface area contributed by atoms with Crippen molar-refractivity contribution < 1.29 is 13.9 Å². The van der Waals surface area contributed by atoms with Gasteiger partial charge in [-0.15, -0.1) is 0 Å². The van der Waals surface area contributed by atoms with Crippen molar-refractivity contribution in [2.45, 2.75) is 6.61 Å². The molecule has 0 saturated heterocycles. The van der Waals surface area contributed by atoms with E-state index < -0.39 is 5.97 Å². The molecule has 0 aliphatic rings. The van der Waals surface area contributed by atoms with Gasteiger partial charge < -0.3 is 9.15 Å². The van der Waals surface area contributed by atoms with Crippen molar-refractivity contribution in [2.24, 2.45) is 0 Å². The molecule has 0 spiro atoms. The molecule has 1 heterocycles. The molecule has 0 unspecified atom stereocenters. The number of esters is 1. The summed E-state index contributed by atoms with van der Waals surface area (Å²) < 4.78 is 10.6. The molecule has 0 aliphatic heterocycles. The van der Waals surface area contributed by atoms with Gasteiger partial charge in [0, 0.05) is 0 Å². The fraction of sp³-hybridized carbons (Fsp3) is 0.0625. The maximum atomic E-state index is 11.9. The molecule has 0 atom stereocenters. The molecule has 21 heavy (non-hydrogen) atoms. The molecule has 0 radical (unpaired) electrons. The van der Waals surface area contributed by atoms with Crippen LogP contribution in [0.4, 0.5) is 0 Å². The Bertz CT molecular complexity index is 796. The summed E-state index contributed by atoms with van der Waals surface area (Å²) in [5.41, 5.74) is 2.25. The highest BCUT2D eigenvalue weighted by Gasteiger charge is 2.10. The molecule has 5 nitrogen and oxygen atoms in total. The zero-order chi connectivity index (χ0) is 14.7. The highest BCUT2D eigenvalue weighted by Crippen LogP contribution is 2.15. The average Bonchev–Trinajstić information content (AvgIpc) is 2.95. The molecule has 3 rings (SSSR count). The molecular formula is C16H10N2O3. The van der Waals surface area contributed by atoms with Crippen molar-refractivity contribution in [3.8, 4) is 6.07 Å². The predicted molar refractivity (Wildman–Crippen MR) is 74.3 cm³/mol. The number of rotatable bonds is 3. The number of oxazole rings is 1. The third-order valence-electron chi connectivity index (χ3n) is 2.91. The highest BCUT2D eigenvalue weighted by atomic mass is 16.5. The predicted octanol–water partition coefficient (Wildman–Crippen LogP) is 3.06. The van der Waals surface area contributed by atoms with Gasteiger partial charge in [0.25, 0.3) is 0 Å². The Kier molecular flexibility index (Phi) is 3.36. The standard InChI is InChI=1S/C16H10N2O3/c17-9-11-5-7-12(8-6-11)16(19)20-10-15-18-13-3-1-2-4-14(13)21-15/h1-8H,10H2. The van der Waals surface area contributed by atoms with E-state index in [-0.39, 0.29) is 6.61 Å². The van der Waals surface area contributed by atoms with E-state index in [2.05, 4.69) is 4.98 Å². The second-order valence-electron chi connectivity index (χ2n) is 4.34. The molecule has 0 bridgehead atoms. The van der Waals surface area contributed by atoms with Gasteiger partial charge in [-0.25, -0.2) is 9.78 Å². The van der Waals surface area contributed by atoms with Gasteiger partial charge >= 0.3 is 5.97 Å². The summed E-state index contributed by atoms with van der Waals surface area (Å²) in [6, 6.07) is 15.5. The number of fused-ring (bicyclic) bond motifs is 1. The van der Waals surface area contributed by atoms with Crippen molar-refractivity contribution >= 4 is 17.1 Å². The lowest BCUT2D eigenvalue weighted by atomic mass is 10.1. The first-order valence-electron chi connectivity index (χ1n) is 6.28. The lowest BCUT2D eigenvalue weighted by Gasteiger charge is -2.01. The smallest absolute Gasteiger partial charge is 0.338 e. The summed E-state index contributed by atoms with van der Waals surface area (Å²) in [4.78, 5) is 16.1. The van der Waals surface area contributed by atoms with E-state index in [1.54, 1.807) is 30.3 Å². The number of nitrogens with zero attached hydrogens (tertiary/aromatic N) is 2. The lowest BCUT2D eigenvalue weighted by molar-refractivity contribution is 0.0440. The van der Waals surface area contributed by atoms with E-state index >= 15 is 0 Å². The highest BCUT2D eigenvalue weighted by molar-refractivity contribution is 5.89. The van der Waals surface area contributed by atoms with Gasteiger partial charge in [0.05, 0.1) is 17.2 Å². The Labute approximate surface area is 120 Å². The quantitative estimate of drug-likeness (QED) is 0.688. The van der Waals surface area contributed by atoms with Crippen molar-refractivity contribution in [3.63, 3.8) is 0 Å². The van der Waals surface area contributed by atoms with Crippen LogP contribution in [0, 0.1) is 11.3 Å². The van der Waals surface area contributed by atoms with Gasteiger partial charge in [0.1, 0.15) is 5.52 Å². The molecule has 0 saturated carbocycles. The van der Waals surface area contributed by atoms with Crippen LogP contribution in [-0.4, -0.2) is 11.0 Å². The van der Waals surface area contributed by atoms with E-state index in [4.69, 9.17) is 14.4 Å². The Hall–Kier alpha value is -3.13. The molecule has 2 aromatic carbocycles. The van der Waals surface area contributed by atoms with Crippen molar-refractivity contribution in [1.82, 2.24) is 4.98 Å². The first-order chi connectivity index (χ1) is 10.3. The molecule has 0 N–H and O–H groups in total. The van der Waals surface area contributed by atoms with Gasteiger partial charge in [-0.3, -0.25) is 0 Å². The molecule has 0 fully saturated rings. The van der Waals surface area contributed by atoms with Gasteiger partial charge in [-0.05, 0) is 36.4 Å². The van der Waals surface area contributed by atoms with Crippen LogP contribution in [0.15, 0.2) is 52.9 Å². The van der Waals surface area contributed by atoms with Gasteiger partial charge in [0.15, 0.2) is 12.2 Å². The van der Waals surface area contributed by atoms with Crippen LogP contribution in [0.25, 0.3) is 11.1 Å². The topological polar surface area (TPSA) is 76.1 Å². The summed E-state index contributed by atoms with van der Waals surface area (Å²) in [5, 5.41) is 8.70. The van der Waals surface area contributed by atoms with Gasteiger partial charge in [0.2, 0.25) is 5.89 Å². The largest absolute Gasteiger partial charge is 0.452 e. The maximum absolute atomic E-state index is 11.9. The number of nitriles is 1. The van der Waals surface area contributed by atoms with Crippen LogP contribution in [-0.2, 0) is 11.3 Å². The second-order valence-corrected chi connectivity index (χ2v) is 4.34. The number of ether oxygens (including phenoxy) is 1. The number of hydrogen-bond acceptors (Lipinski definition) is 5. The molecule has 1 aromatic heterocycles. The summed E-state index contributed by atoms with van der Waals surface area (Å²) in [5.74, 6) is -0.139. The Balaban J connectivity index is 1.68. The SMILES string of the molecule is N#Cc1ccc(C(=O)OCc2nc3ccccc3o2)cc1. The van der Waals surface area contributed by atoms with Crippen LogP contribution >= 0.6 is 0 Å². The van der Waals surface area contributed by atoms with Crippen LogP contribution in [0.2, 0.25) is 0 Å². The lowest BCUT2D eigenvalue weighted by Crippen LogP contribution is -2.05. The Morgan fingerprint density at radius 1 is 1.19 bits per heavy atom. The normalized spacial score (nSPS) is 10.2. The monoisotopic (exact) mass is 278 g/mol. The number of para-hydroxylation sites is 2. The summed E-state index contributed by atoms with van der Waals surface area (Å²) in [6.45, 7) is -0.0342. The number of carbonyl (C=O) groups is 1.